The molecule has 2 aliphatic heterocycles. The number of benzene rings is 2. The molecule has 2 aromatic carbocycles. The van der Waals surface area contributed by atoms with Crippen LogP contribution in [0.4, 0.5) is 0 Å². The molecule has 6 nitrogen and oxygen atoms in total. The molecule has 1 N–H and O–H groups in total. The van der Waals surface area contributed by atoms with Crippen LogP contribution in [0.25, 0.3) is 22.2 Å². The first-order chi connectivity index (χ1) is 14.6. The minimum Gasteiger partial charge on any atom is -0.482 e. The Morgan fingerprint density at radius 2 is 2.00 bits per heavy atom. The standard InChI is InChI=1S/C24H22N4O2.H2/c1-27-22-18-4-2-3-5-21(18)30-24(19(22)15-26-27)9-12-28(13-10-24)23(29)17-6-7-20-16(14-17)8-11-25-20;/h2-8,11,14-15,25H,9-10,12-13H2,1H3;1H. The Morgan fingerprint density at radius 3 is 2.87 bits per heavy atom. The van der Waals surface area contributed by atoms with Crippen LogP contribution in [-0.4, -0.2) is 38.7 Å². The number of carbonyl (C=O) groups is 1. The van der Waals surface area contributed by atoms with E-state index >= 15 is 0 Å². The number of para-hydroxylation sites is 1. The zero-order valence-electron chi connectivity index (χ0n) is 16.8. The predicted octanol–water partition coefficient (Wildman–Crippen LogP) is 4.34. The first-order valence-electron chi connectivity index (χ1n) is 10.3. The maximum absolute atomic E-state index is 13.1. The highest BCUT2D eigenvalue weighted by molar-refractivity contribution is 5.98. The van der Waals surface area contributed by atoms with E-state index in [2.05, 4.69) is 16.1 Å². The summed E-state index contributed by atoms with van der Waals surface area (Å²) in [7, 11) is 1.98. The molecule has 0 radical (unpaired) electrons. The normalized spacial score (nSPS) is 16.9. The van der Waals surface area contributed by atoms with Crippen molar-refractivity contribution in [3.05, 3.63) is 72.1 Å². The van der Waals surface area contributed by atoms with Crippen molar-refractivity contribution in [2.75, 3.05) is 13.1 Å². The quantitative estimate of drug-likeness (QED) is 0.517. The molecule has 0 saturated carbocycles. The lowest BCUT2D eigenvalue weighted by Gasteiger charge is -2.44. The van der Waals surface area contributed by atoms with Gasteiger partial charge < -0.3 is 14.6 Å². The lowest BCUT2D eigenvalue weighted by Crippen LogP contribution is -2.49. The van der Waals surface area contributed by atoms with E-state index in [1.807, 2.05) is 71.5 Å². The van der Waals surface area contributed by atoms with Gasteiger partial charge in [0.05, 0.1) is 11.9 Å². The highest BCUT2D eigenvalue weighted by Gasteiger charge is 2.45. The lowest BCUT2D eigenvalue weighted by molar-refractivity contribution is -0.00171. The van der Waals surface area contributed by atoms with Crippen LogP contribution in [-0.2, 0) is 12.6 Å². The Labute approximate surface area is 175 Å². The van der Waals surface area contributed by atoms with Gasteiger partial charge in [-0.25, -0.2) is 0 Å². The van der Waals surface area contributed by atoms with E-state index in [0.29, 0.717) is 13.1 Å². The summed E-state index contributed by atoms with van der Waals surface area (Å²) in [5.41, 5.74) is 4.67. The SMILES string of the molecule is Cn1ncc2c1-c1ccccc1OC21CCN(C(=O)c2ccc3[nH]ccc3c2)CC1.[HH]. The molecule has 2 aromatic heterocycles. The molecule has 1 spiro atoms. The second-order valence-corrected chi connectivity index (χ2v) is 8.19. The van der Waals surface area contributed by atoms with E-state index in [-0.39, 0.29) is 7.33 Å². The van der Waals surface area contributed by atoms with Gasteiger partial charge in [0.25, 0.3) is 5.91 Å². The number of amides is 1. The van der Waals surface area contributed by atoms with Crippen LogP contribution in [0.15, 0.2) is 60.9 Å². The molecule has 0 atom stereocenters. The maximum Gasteiger partial charge on any atom is 0.253 e. The number of ether oxygens (including phenoxy) is 1. The monoisotopic (exact) mass is 400 g/mol. The van der Waals surface area contributed by atoms with E-state index in [0.717, 1.165) is 51.9 Å². The van der Waals surface area contributed by atoms with Crippen LogP contribution >= 0.6 is 0 Å². The summed E-state index contributed by atoms with van der Waals surface area (Å²) in [6.07, 6.45) is 5.33. The molecule has 2 aliphatic rings. The van der Waals surface area contributed by atoms with Gasteiger partial charge in [0, 0.05) is 68.2 Å². The summed E-state index contributed by atoms with van der Waals surface area (Å²) < 4.78 is 8.52. The second-order valence-electron chi connectivity index (χ2n) is 8.19. The highest BCUT2D eigenvalue weighted by atomic mass is 16.5. The molecule has 6 rings (SSSR count). The first-order valence-corrected chi connectivity index (χ1v) is 10.3. The van der Waals surface area contributed by atoms with Gasteiger partial charge in [-0.1, -0.05) is 12.1 Å². The van der Waals surface area contributed by atoms with Crippen molar-refractivity contribution in [3.8, 4) is 17.0 Å². The maximum atomic E-state index is 13.1. The molecule has 0 bridgehead atoms. The van der Waals surface area contributed by atoms with E-state index in [9.17, 15) is 4.79 Å². The number of hydrogen-bond donors (Lipinski definition) is 1. The van der Waals surface area contributed by atoms with Crippen molar-refractivity contribution in [1.82, 2.24) is 19.7 Å². The molecule has 0 unspecified atom stereocenters. The summed E-state index contributed by atoms with van der Waals surface area (Å²) >= 11 is 0. The number of rotatable bonds is 1. The summed E-state index contributed by atoms with van der Waals surface area (Å²) in [6, 6.07) is 16.0. The molecule has 1 saturated heterocycles. The molecule has 30 heavy (non-hydrogen) atoms. The molecule has 1 amide bonds. The third-order valence-corrected chi connectivity index (χ3v) is 6.54. The number of piperidine rings is 1. The number of hydrogen-bond acceptors (Lipinski definition) is 3. The van der Waals surface area contributed by atoms with Crippen LogP contribution in [0.5, 0.6) is 5.75 Å². The van der Waals surface area contributed by atoms with Crippen molar-refractivity contribution < 1.29 is 11.0 Å². The molecule has 0 aliphatic carbocycles. The minimum atomic E-state index is -0.431. The Hall–Kier alpha value is -3.54. The van der Waals surface area contributed by atoms with E-state index in [1.54, 1.807) is 0 Å². The Balaban J connectivity index is 0.00000204. The van der Waals surface area contributed by atoms with Crippen molar-refractivity contribution in [2.45, 2.75) is 18.4 Å². The van der Waals surface area contributed by atoms with Crippen molar-refractivity contribution in [3.63, 3.8) is 0 Å². The average Bonchev–Trinajstić information content (AvgIpc) is 3.41. The van der Waals surface area contributed by atoms with Crippen LogP contribution in [0.2, 0.25) is 0 Å². The van der Waals surface area contributed by atoms with Crippen LogP contribution in [0.3, 0.4) is 0 Å². The van der Waals surface area contributed by atoms with E-state index in [1.165, 1.54) is 0 Å². The Morgan fingerprint density at radius 1 is 1.17 bits per heavy atom. The lowest BCUT2D eigenvalue weighted by atomic mass is 9.81. The third-order valence-electron chi connectivity index (χ3n) is 6.54. The van der Waals surface area contributed by atoms with Crippen molar-refractivity contribution in [2.24, 2.45) is 7.05 Å². The number of aryl methyl sites for hydroxylation is 1. The number of H-pyrrole nitrogens is 1. The predicted molar refractivity (Wildman–Crippen MR) is 117 cm³/mol. The number of nitrogens with one attached hydrogen (secondary N) is 1. The number of aromatic amines is 1. The van der Waals surface area contributed by atoms with Gasteiger partial charge in [-0.3, -0.25) is 9.48 Å². The smallest absolute Gasteiger partial charge is 0.253 e. The van der Waals surface area contributed by atoms with E-state index < -0.39 is 5.60 Å². The molecular weight excluding hydrogens is 376 g/mol. The fourth-order valence-corrected chi connectivity index (χ4v) is 4.92. The zero-order valence-corrected chi connectivity index (χ0v) is 16.8. The molecular formula is C24H24N4O2. The molecule has 4 heterocycles. The third kappa shape index (κ3) is 2.43. The van der Waals surface area contributed by atoms with Crippen LogP contribution in [0.1, 0.15) is 30.2 Å². The van der Waals surface area contributed by atoms with Gasteiger partial charge in [0.1, 0.15) is 11.4 Å². The van der Waals surface area contributed by atoms with E-state index in [4.69, 9.17) is 4.74 Å². The molecule has 152 valence electrons. The first kappa shape index (κ1) is 17.3. The minimum absolute atomic E-state index is 0. The van der Waals surface area contributed by atoms with Gasteiger partial charge in [-0.2, -0.15) is 5.10 Å². The van der Waals surface area contributed by atoms with Crippen LogP contribution in [0, 0.1) is 0 Å². The molecule has 1 fully saturated rings. The Bertz CT molecular complexity index is 1280. The number of fused-ring (bicyclic) bond motifs is 5. The van der Waals surface area contributed by atoms with Gasteiger partial charge in [0.15, 0.2) is 0 Å². The van der Waals surface area contributed by atoms with Gasteiger partial charge in [-0.15, -0.1) is 0 Å². The number of likely N-dealkylation sites (tertiary alicyclic amines) is 1. The fraction of sp³-hybridized carbons (Fsp3) is 0.250. The summed E-state index contributed by atoms with van der Waals surface area (Å²) in [4.78, 5) is 18.3. The number of nitrogens with zero attached hydrogens (tertiary/aromatic N) is 3. The molecule has 6 heteroatoms. The second kappa shape index (κ2) is 6.23. The number of aromatic nitrogens is 3. The molecule has 4 aromatic rings. The fourth-order valence-electron chi connectivity index (χ4n) is 4.92. The highest BCUT2D eigenvalue weighted by Crippen LogP contribution is 2.49. The summed E-state index contributed by atoms with van der Waals surface area (Å²) in [5, 5.41) is 5.58. The summed E-state index contributed by atoms with van der Waals surface area (Å²) in [6.45, 7) is 1.31. The van der Waals surface area contributed by atoms with Crippen LogP contribution < -0.4 is 4.74 Å². The summed E-state index contributed by atoms with van der Waals surface area (Å²) in [5.74, 6) is 0.974. The zero-order chi connectivity index (χ0) is 20.3. The van der Waals surface area contributed by atoms with Gasteiger partial charge in [-0.05, 0) is 36.4 Å². The van der Waals surface area contributed by atoms with Gasteiger partial charge in [0.2, 0.25) is 0 Å². The van der Waals surface area contributed by atoms with Gasteiger partial charge >= 0.3 is 0 Å². The topological polar surface area (TPSA) is 63.1 Å². The largest absolute Gasteiger partial charge is 0.482 e. The number of carbonyl (C=O) groups excluding carboxylic acids is 1. The van der Waals surface area contributed by atoms with Crippen molar-refractivity contribution >= 4 is 16.8 Å². The van der Waals surface area contributed by atoms with Crippen molar-refractivity contribution in [1.29, 1.82) is 0 Å². The Kier molecular flexibility index (Phi) is 3.60. The average molecular weight is 400 g/mol.